The fourth-order valence-corrected chi connectivity index (χ4v) is 4.66. The summed E-state index contributed by atoms with van der Waals surface area (Å²) in [4.78, 5) is 21.9. The highest BCUT2D eigenvalue weighted by molar-refractivity contribution is 6.16. The number of carbonyl (C=O) groups is 1. The van der Waals surface area contributed by atoms with E-state index >= 15 is 0 Å². The van der Waals surface area contributed by atoms with Crippen LogP contribution in [0, 0.1) is 0 Å². The van der Waals surface area contributed by atoms with Gasteiger partial charge in [-0.15, -0.1) is 5.10 Å². The van der Waals surface area contributed by atoms with Crippen molar-refractivity contribution in [1.29, 1.82) is 0 Å². The van der Waals surface area contributed by atoms with E-state index in [2.05, 4.69) is 25.8 Å². The SMILES string of the molecule is O=C1Cc2ccccc2C(c2ccccc2)=N[C@@H]1Nc1nnc(-c2ncc(C(F)(F)F)cc2NC2CCOC2)o1. The van der Waals surface area contributed by atoms with Gasteiger partial charge in [-0.3, -0.25) is 9.79 Å². The Morgan fingerprint density at radius 2 is 1.77 bits per heavy atom. The maximum absolute atomic E-state index is 13.4. The lowest BCUT2D eigenvalue weighted by Crippen LogP contribution is -2.29. The highest BCUT2D eigenvalue weighted by Crippen LogP contribution is 2.35. The predicted molar refractivity (Wildman–Crippen MR) is 140 cm³/mol. The van der Waals surface area contributed by atoms with Gasteiger partial charge in [-0.1, -0.05) is 59.7 Å². The summed E-state index contributed by atoms with van der Waals surface area (Å²) in [7, 11) is 0. The van der Waals surface area contributed by atoms with Crippen molar-refractivity contribution < 1.29 is 27.1 Å². The van der Waals surface area contributed by atoms with E-state index < -0.39 is 17.9 Å². The number of aromatic nitrogens is 3. The van der Waals surface area contributed by atoms with Crippen LogP contribution in [0.4, 0.5) is 24.9 Å². The monoisotopic (exact) mass is 548 g/mol. The zero-order chi connectivity index (χ0) is 27.7. The minimum Gasteiger partial charge on any atom is -0.402 e. The number of alkyl halides is 3. The molecular weight excluding hydrogens is 525 g/mol. The Labute approximate surface area is 226 Å². The van der Waals surface area contributed by atoms with Crippen molar-refractivity contribution in [1.82, 2.24) is 15.2 Å². The molecule has 2 aliphatic rings. The predicted octanol–water partition coefficient (Wildman–Crippen LogP) is 4.75. The first-order valence-electron chi connectivity index (χ1n) is 12.6. The van der Waals surface area contributed by atoms with Gasteiger partial charge < -0.3 is 19.8 Å². The molecule has 12 heteroatoms. The van der Waals surface area contributed by atoms with Crippen molar-refractivity contribution in [2.45, 2.75) is 31.2 Å². The number of ether oxygens (including phenoxy) is 1. The minimum absolute atomic E-state index is 0.0496. The van der Waals surface area contributed by atoms with E-state index in [9.17, 15) is 18.0 Å². The Kier molecular flexibility index (Phi) is 6.76. The number of pyridine rings is 1. The smallest absolute Gasteiger partial charge is 0.402 e. The molecule has 0 aliphatic carbocycles. The summed E-state index contributed by atoms with van der Waals surface area (Å²) in [5, 5.41) is 13.9. The van der Waals surface area contributed by atoms with Gasteiger partial charge >= 0.3 is 12.2 Å². The van der Waals surface area contributed by atoms with Crippen LogP contribution in [0.2, 0.25) is 0 Å². The summed E-state index contributed by atoms with van der Waals surface area (Å²) in [6.45, 7) is 0.846. The molecule has 1 unspecified atom stereocenters. The zero-order valence-electron chi connectivity index (χ0n) is 21.0. The van der Waals surface area contributed by atoms with Crippen LogP contribution in [0.3, 0.4) is 0 Å². The van der Waals surface area contributed by atoms with Gasteiger partial charge in [0.25, 0.3) is 5.89 Å². The van der Waals surface area contributed by atoms with Crippen LogP contribution >= 0.6 is 0 Å². The minimum atomic E-state index is -4.58. The third-order valence-electron chi connectivity index (χ3n) is 6.64. The Morgan fingerprint density at radius 1 is 0.975 bits per heavy atom. The number of nitrogens with one attached hydrogen (secondary N) is 2. The number of anilines is 2. The van der Waals surface area contributed by atoms with Crippen LogP contribution < -0.4 is 10.6 Å². The summed E-state index contributed by atoms with van der Waals surface area (Å²) in [5.74, 6) is -0.330. The lowest BCUT2D eigenvalue weighted by Gasteiger charge is -2.16. The first-order valence-corrected chi connectivity index (χ1v) is 12.6. The number of Topliss-reactive ketones (excluding diaryl/α,β-unsaturated/α-hetero) is 1. The van der Waals surface area contributed by atoms with E-state index in [0.717, 1.165) is 22.8 Å². The molecule has 40 heavy (non-hydrogen) atoms. The molecule has 4 aromatic rings. The van der Waals surface area contributed by atoms with Gasteiger partial charge in [-0.25, -0.2) is 4.98 Å². The van der Waals surface area contributed by atoms with Crippen LogP contribution in [0.25, 0.3) is 11.6 Å². The van der Waals surface area contributed by atoms with E-state index in [1.807, 2.05) is 54.6 Å². The number of aliphatic imine (C=N–C) groups is 1. The molecular formula is C28H23F3N6O3. The second kappa shape index (κ2) is 10.5. The van der Waals surface area contributed by atoms with Crippen LogP contribution in [0.5, 0.6) is 0 Å². The van der Waals surface area contributed by atoms with Gasteiger partial charge in [-0.05, 0) is 18.1 Å². The number of ketones is 1. The molecule has 2 aromatic carbocycles. The number of hydrogen-bond donors (Lipinski definition) is 2. The van der Waals surface area contributed by atoms with Crippen LogP contribution in [0.1, 0.15) is 28.7 Å². The normalized spacial score (nSPS) is 19.1. The van der Waals surface area contributed by atoms with Crippen molar-refractivity contribution in [3.63, 3.8) is 0 Å². The lowest BCUT2D eigenvalue weighted by atomic mass is 9.96. The second-order valence-corrected chi connectivity index (χ2v) is 9.43. The molecule has 204 valence electrons. The lowest BCUT2D eigenvalue weighted by molar-refractivity contribution is -0.137. The summed E-state index contributed by atoms with van der Waals surface area (Å²) < 4.78 is 51.3. The second-order valence-electron chi connectivity index (χ2n) is 9.43. The number of carbonyl (C=O) groups excluding carboxylic acids is 1. The van der Waals surface area contributed by atoms with Gasteiger partial charge in [0.2, 0.25) is 0 Å². The van der Waals surface area contributed by atoms with Gasteiger partial charge in [0.15, 0.2) is 17.6 Å². The number of benzene rings is 2. The highest BCUT2D eigenvalue weighted by Gasteiger charge is 2.33. The maximum Gasteiger partial charge on any atom is 0.417 e. The molecule has 0 saturated carbocycles. The summed E-state index contributed by atoms with van der Waals surface area (Å²) in [6.07, 6.45) is -4.15. The molecule has 4 heterocycles. The van der Waals surface area contributed by atoms with Crippen LogP contribution in [-0.2, 0) is 22.1 Å². The molecule has 0 amide bonds. The number of rotatable bonds is 6. The molecule has 0 spiro atoms. The zero-order valence-corrected chi connectivity index (χ0v) is 21.0. The van der Waals surface area contributed by atoms with E-state index in [1.54, 1.807) is 0 Å². The molecule has 1 saturated heterocycles. The highest BCUT2D eigenvalue weighted by atomic mass is 19.4. The molecule has 2 N–H and O–H groups in total. The van der Waals surface area contributed by atoms with Gasteiger partial charge in [0, 0.05) is 30.4 Å². The Balaban J connectivity index is 1.32. The van der Waals surface area contributed by atoms with E-state index in [1.165, 1.54) is 0 Å². The quantitative estimate of drug-likeness (QED) is 0.355. The number of hydrogen-bond acceptors (Lipinski definition) is 9. The molecule has 1 fully saturated rings. The third-order valence-corrected chi connectivity index (χ3v) is 6.64. The van der Waals surface area contributed by atoms with E-state index in [-0.39, 0.29) is 41.5 Å². The average Bonchev–Trinajstić information content (AvgIpc) is 3.61. The molecule has 0 radical (unpaired) electrons. The van der Waals surface area contributed by atoms with Crippen molar-refractivity contribution in [3.05, 3.63) is 89.1 Å². The van der Waals surface area contributed by atoms with Crippen molar-refractivity contribution >= 4 is 23.2 Å². The topological polar surface area (TPSA) is 115 Å². The third kappa shape index (κ3) is 5.30. The molecule has 2 atom stereocenters. The van der Waals surface area contributed by atoms with Crippen molar-refractivity contribution in [3.8, 4) is 11.6 Å². The molecule has 6 rings (SSSR count). The fourth-order valence-electron chi connectivity index (χ4n) is 4.66. The summed E-state index contributed by atoms with van der Waals surface area (Å²) in [6, 6.07) is 17.7. The first-order chi connectivity index (χ1) is 19.3. The fraction of sp³-hybridized carbons (Fsp3) is 0.250. The average molecular weight is 549 g/mol. The van der Waals surface area contributed by atoms with E-state index in [4.69, 9.17) is 14.1 Å². The molecule has 9 nitrogen and oxygen atoms in total. The Bertz CT molecular complexity index is 1570. The standard InChI is InChI=1S/C28H23F3N6O3/c29-28(30,31)18-13-21(33-19-10-11-39-15-19)24(32-14-18)26-36-37-27(40-26)35-25-22(38)12-17-8-4-5-9-20(17)23(34-25)16-6-2-1-3-7-16/h1-9,13-14,19,25,33H,10-12,15H2,(H,35,37)/t19?,25-/m1/s1. The van der Waals surface area contributed by atoms with Gasteiger partial charge in [0.1, 0.15) is 0 Å². The van der Waals surface area contributed by atoms with Gasteiger partial charge in [-0.2, -0.15) is 13.2 Å². The maximum atomic E-state index is 13.4. The molecule has 2 aromatic heterocycles. The summed E-state index contributed by atoms with van der Waals surface area (Å²) in [5.41, 5.74) is 2.38. The van der Waals surface area contributed by atoms with Crippen LogP contribution in [-0.4, -0.2) is 52.1 Å². The molecule has 0 bridgehead atoms. The van der Waals surface area contributed by atoms with Gasteiger partial charge in [0.05, 0.1) is 29.6 Å². The number of halogens is 3. The van der Waals surface area contributed by atoms with Crippen molar-refractivity contribution in [2.24, 2.45) is 4.99 Å². The number of nitrogens with zero attached hydrogens (tertiary/aromatic N) is 4. The Morgan fingerprint density at radius 3 is 2.55 bits per heavy atom. The Hall–Kier alpha value is -4.58. The number of fused-ring (bicyclic) bond motifs is 1. The first kappa shape index (κ1) is 25.7. The largest absolute Gasteiger partial charge is 0.417 e. The summed E-state index contributed by atoms with van der Waals surface area (Å²) >= 11 is 0. The molecule has 2 aliphatic heterocycles. The van der Waals surface area contributed by atoms with E-state index in [0.29, 0.717) is 31.5 Å². The van der Waals surface area contributed by atoms with Crippen molar-refractivity contribution in [2.75, 3.05) is 23.8 Å². The van der Waals surface area contributed by atoms with Crippen LogP contribution in [0.15, 0.2) is 76.3 Å².